The molecule has 6 heteroatoms. The smallest absolute Gasteiger partial charge is 0.414 e. The third-order valence-corrected chi connectivity index (χ3v) is 7.26. The van der Waals surface area contributed by atoms with Crippen LogP contribution in [0.25, 0.3) is 6.08 Å². The summed E-state index contributed by atoms with van der Waals surface area (Å²) in [5.74, 6) is 2.14. The molecule has 1 aliphatic carbocycles. The van der Waals surface area contributed by atoms with E-state index >= 15 is 0 Å². The van der Waals surface area contributed by atoms with Gasteiger partial charge in [0.15, 0.2) is 5.71 Å². The number of para-hydroxylation sites is 1. The molecule has 0 saturated heterocycles. The number of rotatable bonds is 5. The number of benzene rings is 2. The molecule has 5 nitrogen and oxygen atoms in total. The molecule has 0 atom stereocenters. The molecule has 2 heterocycles. The quantitative estimate of drug-likeness (QED) is 0.380. The molecule has 0 aromatic heterocycles. The summed E-state index contributed by atoms with van der Waals surface area (Å²) in [6.45, 7) is 7.86. The first-order chi connectivity index (χ1) is 17.3. The fourth-order valence-electron chi connectivity index (χ4n) is 5.39. The van der Waals surface area contributed by atoms with Gasteiger partial charge in [0.2, 0.25) is 5.69 Å². The lowest BCUT2D eigenvalue weighted by molar-refractivity contribution is -0.437. The normalized spacial score (nSPS) is 17.4. The highest BCUT2D eigenvalue weighted by molar-refractivity contribution is 6.03. The third-order valence-electron chi connectivity index (χ3n) is 7.26. The maximum absolute atomic E-state index is 12.0. The van der Waals surface area contributed by atoms with Gasteiger partial charge in [0.05, 0.1) is 5.41 Å². The van der Waals surface area contributed by atoms with Crippen LogP contribution >= 0.6 is 0 Å². The fraction of sp³-hybridized carbons (Fsp3) is 0.355. The summed E-state index contributed by atoms with van der Waals surface area (Å²) in [6.07, 6.45) is 10.5. The molecule has 1 amide bonds. The molecule has 2 aromatic rings. The van der Waals surface area contributed by atoms with E-state index in [1.165, 1.54) is 33.0 Å². The number of carbonyl (C=O) groups excluding carboxylic acids is 1. The average molecular weight is 611 g/mol. The van der Waals surface area contributed by atoms with Crippen molar-refractivity contribution >= 4 is 23.6 Å². The van der Waals surface area contributed by atoms with Crippen LogP contribution < -0.4 is 33.5 Å². The van der Waals surface area contributed by atoms with Gasteiger partial charge in [-0.25, -0.2) is 4.79 Å². The van der Waals surface area contributed by atoms with Gasteiger partial charge in [0, 0.05) is 49.9 Å². The zero-order chi connectivity index (χ0) is 25.4. The van der Waals surface area contributed by atoms with Crippen molar-refractivity contribution in [2.24, 2.45) is 0 Å². The van der Waals surface area contributed by atoms with Gasteiger partial charge < -0.3 is 38.4 Å². The maximum atomic E-state index is 12.0. The highest BCUT2D eigenvalue weighted by Crippen LogP contribution is 2.42. The van der Waals surface area contributed by atoms with E-state index in [0.717, 1.165) is 49.3 Å². The summed E-state index contributed by atoms with van der Waals surface area (Å²) in [5, 5.41) is 0. The highest BCUT2D eigenvalue weighted by atomic mass is 127. The second kappa shape index (κ2) is 10.9. The standard InChI is InChI=1S/C31H35N2O3.HI/c1-6-18-33-26-13-8-7-12-25(26)31(2,3)28(33)17-15-21-10-9-11-23-19-22-14-16-24(35-30(34)32(4)5)20-27(22)36-29(21)23;/h7-8,12-17,19-20H,6,9-11,18H2,1-5H3;1H/q+1;/p-1/b17-15+;. The highest BCUT2D eigenvalue weighted by Gasteiger charge is 2.43. The Morgan fingerprint density at radius 2 is 1.92 bits per heavy atom. The Morgan fingerprint density at radius 3 is 2.68 bits per heavy atom. The lowest BCUT2D eigenvalue weighted by atomic mass is 9.81. The van der Waals surface area contributed by atoms with Crippen molar-refractivity contribution in [3.05, 3.63) is 82.6 Å². The van der Waals surface area contributed by atoms with Gasteiger partial charge in [-0.2, -0.15) is 4.58 Å². The van der Waals surface area contributed by atoms with E-state index in [0.29, 0.717) is 5.75 Å². The molecule has 0 N–H and O–H groups in total. The first kappa shape index (κ1) is 27.2. The molecule has 3 aliphatic rings. The predicted octanol–water partition coefficient (Wildman–Crippen LogP) is 4.01. The Kier molecular flexibility index (Phi) is 7.97. The van der Waals surface area contributed by atoms with Crippen LogP contribution in [0.4, 0.5) is 10.5 Å². The second-order valence-corrected chi connectivity index (χ2v) is 10.5. The number of hydrogen-bond acceptors (Lipinski definition) is 3. The Morgan fingerprint density at radius 1 is 1.14 bits per heavy atom. The molecular formula is C31H35IN2O3. The number of halogens is 1. The molecule has 0 spiro atoms. The summed E-state index contributed by atoms with van der Waals surface area (Å²) >= 11 is 0. The monoisotopic (exact) mass is 610 g/mol. The molecule has 0 fully saturated rings. The van der Waals surface area contributed by atoms with Crippen LogP contribution in [-0.2, 0) is 5.41 Å². The summed E-state index contributed by atoms with van der Waals surface area (Å²) in [4.78, 5) is 13.4. The summed E-state index contributed by atoms with van der Waals surface area (Å²) in [7, 11) is 3.34. The Hall–Kier alpha value is -2.87. The summed E-state index contributed by atoms with van der Waals surface area (Å²) in [5.41, 5.74) is 7.41. The van der Waals surface area contributed by atoms with E-state index in [1.807, 2.05) is 12.1 Å². The fourth-order valence-corrected chi connectivity index (χ4v) is 5.39. The van der Waals surface area contributed by atoms with Crippen LogP contribution in [0.3, 0.4) is 0 Å². The van der Waals surface area contributed by atoms with Crippen molar-refractivity contribution in [1.82, 2.24) is 4.90 Å². The van der Waals surface area contributed by atoms with E-state index in [9.17, 15) is 4.79 Å². The SMILES string of the molecule is CCC[N+]1=C(/C=C/C2=C3Oc4cc(OC(=O)N(C)C)ccc4C=C3CCC2)C(C)(C)c2ccccc21.[I-]. The molecule has 0 unspecified atom stereocenters. The van der Waals surface area contributed by atoms with Gasteiger partial charge >= 0.3 is 6.09 Å². The zero-order valence-electron chi connectivity index (χ0n) is 22.3. The van der Waals surface area contributed by atoms with E-state index < -0.39 is 6.09 Å². The minimum absolute atomic E-state index is 0. The van der Waals surface area contributed by atoms with Crippen LogP contribution in [-0.4, -0.2) is 41.9 Å². The van der Waals surface area contributed by atoms with Gasteiger partial charge in [-0.3, -0.25) is 0 Å². The number of allylic oxidation sites excluding steroid dienone is 4. The van der Waals surface area contributed by atoms with Gasteiger partial charge in [-0.1, -0.05) is 25.1 Å². The Balaban J connectivity index is 0.00000320. The van der Waals surface area contributed by atoms with Crippen LogP contribution in [0.2, 0.25) is 0 Å². The van der Waals surface area contributed by atoms with Crippen LogP contribution in [0.1, 0.15) is 57.6 Å². The maximum Gasteiger partial charge on any atom is 0.414 e. The van der Waals surface area contributed by atoms with Crippen molar-refractivity contribution in [2.45, 2.75) is 51.9 Å². The predicted molar refractivity (Wildman–Crippen MR) is 144 cm³/mol. The Labute approximate surface area is 237 Å². The summed E-state index contributed by atoms with van der Waals surface area (Å²) < 4.78 is 14.4. The lowest BCUT2D eigenvalue weighted by Crippen LogP contribution is -3.00. The molecule has 2 aliphatic heterocycles. The van der Waals surface area contributed by atoms with Crippen molar-refractivity contribution in [1.29, 1.82) is 0 Å². The number of hydrogen-bond donors (Lipinski definition) is 0. The lowest BCUT2D eigenvalue weighted by Gasteiger charge is -2.27. The molecule has 5 rings (SSSR count). The molecule has 2 aromatic carbocycles. The van der Waals surface area contributed by atoms with Crippen molar-refractivity contribution < 1.29 is 42.8 Å². The van der Waals surface area contributed by atoms with Gasteiger partial charge in [-0.05, 0) is 68.5 Å². The number of nitrogens with zero attached hydrogens (tertiary/aromatic N) is 2. The van der Waals surface area contributed by atoms with Crippen molar-refractivity contribution in [3.8, 4) is 11.5 Å². The van der Waals surface area contributed by atoms with E-state index in [1.54, 1.807) is 20.2 Å². The van der Waals surface area contributed by atoms with Gasteiger partial charge in [0.25, 0.3) is 0 Å². The largest absolute Gasteiger partial charge is 1.00 e. The average Bonchev–Trinajstić information content (AvgIpc) is 3.07. The van der Waals surface area contributed by atoms with Crippen molar-refractivity contribution in [3.63, 3.8) is 0 Å². The number of carbonyl (C=O) groups is 1. The third kappa shape index (κ3) is 5.13. The van der Waals surface area contributed by atoms with E-state index in [2.05, 4.69) is 67.8 Å². The molecule has 194 valence electrons. The minimum Gasteiger partial charge on any atom is -1.00 e. The first-order valence-electron chi connectivity index (χ1n) is 12.9. The van der Waals surface area contributed by atoms with Gasteiger partial charge in [-0.15, -0.1) is 0 Å². The van der Waals surface area contributed by atoms with E-state index in [-0.39, 0.29) is 29.4 Å². The zero-order valence-corrected chi connectivity index (χ0v) is 24.5. The minimum atomic E-state index is -0.406. The topological polar surface area (TPSA) is 41.8 Å². The van der Waals surface area contributed by atoms with Crippen molar-refractivity contribution in [2.75, 3.05) is 20.6 Å². The van der Waals surface area contributed by atoms with Crippen LogP contribution in [0.5, 0.6) is 11.5 Å². The Bertz CT molecular complexity index is 1350. The molecular weight excluding hydrogens is 575 g/mol. The first-order valence-corrected chi connectivity index (χ1v) is 12.9. The van der Waals surface area contributed by atoms with Gasteiger partial charge in [0.1, 0.15) is 23.8 Å². The second-order valence-electron chi connectivity index (χ2n) is 10.5. The van der Waals surface area contributed by atoms with E-state index in [4.69, 9.17) is 9.47 Å². The summed E-state index contributed by atoms with van der Waals surface area (Å²) in [6, 6.07) is 14.3. The molecule has 0 saturated carbocycles. The molecule has 0 bridgehead atoms. The number of ether oxygens (including phenoxy) is 2. The van der Waals surface area contributed by atoms with Crippen LogP contribution in [0.15, 0.2) is 71.5 Å². The molecule has 37 heavy (non-hydrogen) atoms. The van der Waals surface area contributed by atoms with Crippen LogP contribution in [0, 0.1) is 0 Å². The number of amides is 1. The number of fused-ring (bicyclic) bond motifs is 3. The molecule has 0 radical (unpaired) electrons.